The number of aromatic nitrogens is 1. The van der Waals surface area contributed by atoms with Gasteiger partial charge >= 0.3 is 0 Å². The van der Waals surface area contributed by atoms with Crippen LogP contribution in [0.15, 0.2) is 18.3 Å². The van der Waals surface area contributed by atoms with Crippen LogP contribution in [0.2, 0.25) is 0 Å². The highest BCUT2D eigenvalue weighted by atomic mass is 15.2. The molecule has 0 amide bonds. The Balaban J connectivity index is 1.92. The quantitative estimate of drug-likeness (QED) is 0.835. The largest absolute Gasteiger partial charge is 0.314 e. The fraction of sp³-hybridized carbons (Fsp3) is 0.722. The number of pyridine rings is 1. The third-order valence-electron chi connectivity index (χ3n) is 4.93. The Morgan fingerprint density at radius 1 is 1.33 bits per heavy atom. The summed E-state index contributed by atoms with van der Waals surface area (Å²) in [4.78, 5) is 7.28. The molecule has 0 saturated carbocycles. The van der Waals surface area contributed by atoms with Gasteiger partial charge < -0.3 is 10.2 Å². The standard InChI is InChI=1S/C18H31N3/c1-4-15(2)17(18-16(3)7-5-9-20-18)8-6-12-21-13-10-19-11-14-21/h5,7,9,15,17,19H,4,6,8,10-14H2,1-3H3. The first-order chi connectivity index (χ1) is 10.2. The predicted octanol–water partition coefficient (Wildman–Crippen LogP) is 3.21. The van der Waals surface area contributed by atoms with Crippen LogP contribution >= 0.6 is 0 Å². The number of hydrogen-bond acceptors (Lipinski definition) is 3. The number of aryl methyl sites for hydroxylation is 1. The van der Waals surface area contributed by atoms with Crippen molar-refractivity contribution in [3.8, 4) is 0 Å². The monoisotopic (exact) mass is 289 g/mol. The minimum Gasteiger partial charge on any atom is -0.314 e. The summed E-state index contributed by atoms with van der Waals surface area (Å²) < 4.78 is 0. The Morgan fingerprint density at radius 3 is 2.76 bits per heavy atom. The van der Waals surface area contributed by atoms with E-state index in [0.29, 0.717) is 11.8 Å². The molecule has 2 rings (SSSR count). The first-order valence-electron chi connectivity index (χ1n) is 8.57. The van der Waals surface area contributed by atoms with Crippen LogP contribution in [-0.4, -0.2) is 42.6 Å². The second-order valence-corrected chi connectivity index (χ2v) is 6.43. The topological polar surface area (TPSA) is 28.2 Å². The minimum absolute atomic E-state index is 0.610. The lowest BCUT2D eigenvalue weighted by Gasteiger charge is -2.29. The molecular formula is C18H31N3. The third-order valence-corrected chi connectivity index (χ3v) is 4.93. The van der Waals surface area contributed by atoms with E-state index in [1.807, 2.05) is 12.3 Å². The highest BCUT2D eigenvalue weighted by Crippen LogP contribution is 2.31. The Labute approximate surface area is 130 Å². The smallest absolute Gasteiger partial charge is 0.0466 e. The molecule has 2 atom stereocenters. The molecule has 2 unspecified atom stereocenters. The SMILES string of the molecule is CCC(C)C(CCCN1CCNCC1)c1ncccc1C. The van der Waals surface area contributed by atoms with Crippen LogP contribution in [0.25, 0.3) is 0 Å². The van der Waals surface area contributed by atoms with E-state index in [1.54, 1.807) is 0 Å². The molecule has 0 spiro atoms. The summed E-state index contributed by atoms with van der Waals surface area (Å²) in [6, 6.07) is 4.25. The Bertz CT molecular complexity index is 413. The molecule has 2 heterocycles. The van der Waals surface area contributed by atoms with E-state index in [9.17, 15) is 0 Å². The summed E-state index contributed by atoms with van der Waals surface area (Å²) in [7, 11) is 0. The zero-order valence-electron chi connectivity index (χ0n) is 13.9. The lowest BCUT2D eigenvalue weighted by Crippen LogP contribution is -2.43. The molecule has 0 radical (unpaired) electrons. The van der Waals surface area contributed by atoms with Crippen LogP contribution < -0.4 is 5.32 Å². The fourth-order valence-electron chi connectivity index (χ4n) is 3.33. The molecule has 1 aliphatic rings. The highest BCUT2D eigenvalue weighted by molar-refractivity contribution is 5.22. The summed E-state index contributed by atoms with van der Waals surface area (Å²) in [5, 5.41) is 3.42. The van der Waals surface area contributed by atoms with Crippen molar-refractivity contribution >= 4 is 0 Å². The fourth-order valence-corrected chi connectivity index (χ4v) is 3.33. The van der Waals surface area contributed by atoms with Crippen LogP contribution in [-0.2, 0) is 0 Å². The minimum atomic E-state index is 0.610. The van der Waals surface area contributed by atoms with Crippen LogP contribution in [0.4, 0.5) is 0 Å². The van der Waals surface area contributed by atoms with E-state index in [2.05, 4.69) is 42.0 Å². The molecule has 3 heteroatoms. The number of hydrogen-bond donors (Lipinski definition) is 1. The molecule has 0 bridgehead atoms. The summed E-state index contributed by atoms with van der Waals surface area (Å²) in [5.74, 6) is 1.32. The summed E-state index contributed by atoms with van der Waals surface area (Å²) >= 11 is 0. The normalized spacial score (nSPS) is 19.4. The van der Waals surface area contributed by atoms with Gasteiger partial charge in [0.15, 0.2) is 0 Å². The summed E-state index contributed by atoms with van der Waals surface area (Å²) in [5.41, 5.74) is 2.68. The average molecular weight is 289 g/mol. The highest BCUT2D eigenvalue weighted by Gasteiger charge is 2.21. The van der Waals surface area contributed by atoms with Crippen molar-refractivity contribution in [1.29, 1.82) is 0 Å². The second kappa shape index (κ2) is 8.50. The maximum Gasteiger partial charge on any atom is 0.0466 e. The van der Waals surface area contributed by atoms with Gasteiger partial charge in [0.1, 0.15) is 0 Å². The van der Waals surface area contributed by atoms with Crippen molar-refractivity contribution < 1.29 is 0 Å². The first kappa shape index (κ1) is 16.4. The van der Waals surface area contributed by atoms with Crippen LogP contribution in [0.3, 0.4) is 0 Å². The molecule has 0 aliphatic carbocycles. The van der Waals surface area contributed by atoms with Gasteiger partial charge in [-0.15, -0.1) is 0 Å². The molecule has 1 aromatic heterocycles. The van der Waals surface area contributed by atoms with Crippen LogP contribution in [0.5, 0.6) is 0 Å². The Kier molecular flexibility index (Phi) is 6.65. The van der Waals surface area contributed by atoms with Gasteiger partial charge in [0.25, 0.3) is 0 Å². The van der Waals surface area contributed by atoms with Crippen molar-refractivity contribution in [2.75, 3.05) is 32.7 Å². The van der Waals surface area contributed by atoms with Crippen LogP contribution in [0.1, 0.15) is 50.3 Å². The van der Waals surface area contributed by atoms with E-state index in [-0.39, 0.29) is 0 Å². The molecule has 1 aliphatic heterocycles. The molecule has 1 fully saturated rings. The van der Waals surface area contributed by atoms with Crippen molar-refractivity contribution in [1.82, 2.24) is 15.2 Å². The lowest BCUT2D eigenvalue weighted by atomic mass is 9.83. The van der Waals surface area contributed by atoms with Gasteiger partial charge in [-0.1, -0.05) is 26.3 Å². The lowest BCUT2D eigenvalue weighted by molar-refractivity contribution is 0.231. The molecule has 1 saturated heterocycles. The van der Waals surface area contributed by atoms with Crippen LogP contribution in [0, 0.1) is 12.8 Å². The maximum absolute atomic E-state index is 4.69. The molecule has 0 aromatic carbocycles. The number of rotatable bonds is 7. The van der Waals surface area contributed by atoms with Gasteiger partial charge in [-0.05, 0) is 43.9 Å². The third kappa shape index (κ3) is 4.79. The van der Waals surface area contributed by atoms with Crippen molar-refractivity contribution in [2.45, 2.75) is 46.0 Å². The molecule has 118 valence electrons. The van der Waals surface area contributed by atoms with E-state index in [0.717, 1.165) is 13.1 Å². The summed E-state index contributed by atoms with van der Waals surface area (Å²) in [6.45, 7) is 12.8. The van der Waals surface area contributed by atoms with Crippen molar-refractivity contribution in [3.63, 3.8) is 0 Å². The van der Waals surface area contributed by atoms with Gasteiger partial charge in [-0.3, -0.25) is 4.98 Å². The van der Waals surface area contributed by atoms with Gasteiger partial charge in [0.05, 0.1) is 0 Å². The van der Waals surface area contributed by atoms with Crippen molar-refractivity contribution in [2.24, 2.45) is 5.92 Å². The van der Waals surface area contributed by atoms with Gasteiger partial charge in [0.2, 0.25) is 0 Å². The number of nitrogens with one attached hydrogen (secondary N) is 1. The predicted molar refractivity (Wildman–Crippen MR) is 89.7 cm³/mol. The molecule has 1 aromatic rings. The second-order valence-electron chi connectivity index (χ2n) is 6.43. The van der Waals surface area contributed by atoms with E-state index >= 15 is 0 Å². The van der Waals surface area contributed by atoms with E-state index in [1.165, 1.54) is 50.2 Å². The Hall–Kier alpha value is -0.930. The zero-order valence-corrected chi connectivity index (χ0v) is 13.9. The van der Waals surface area contributed by atoms with Crippen molar-refractivity contribution in [3.05, 3.63) is 29.6 Å². The molecule has 3 nitrogen and oxygen atoms in total. The maximum atomic E-state index is 4.69. The van der Waals surface area contributed by atoms with E-state index < -0.39 is 0 Å². The van der Waals surface area contributed by atoms with Gasteiger partial charge in [-0.2, -0.15) is 0 Å². The molecular weight excluding hydrogens is 258 g/mol. The Morgan fingerprint density at radius 2 is 2.10 bits per heavy atom. The molecule has 1 N–H and O–H groups in total. The van der Waals surface area contributed by atoms with Gasteiger partial charge in [-0.25, -0.2) is 0 Å². The number of nitrogens with zero attached hydrogens (tertiary/aromatic N) is 2. The number of piperazine rings is 1. The summed E-state index contributed by atoms with van der Waals surface area (Å²) in [6.07, 6.45) is 5.73. The molecule has 21 heavy (non-hydrogen) atoms. The van der Waals surface area contributed by atoms with Gasteiger partial charge in [0, 0.05) is 44.0 Å². The average Bonchev–Trinajstić information content (AvgIpc) is 2.53. The zero-order chi connectivity index (χ0) is 15.1. The first-order valence-corrected chi connectivity index (χ1v) is 8.57. The van der Waals surface area contributed by atoms with E-state index in [4.69, 9.17) is 0 Å².